The van der Waals surface area contributed by atoms with E-state index in [1.165, 1.54) is 6.20 Å². The molecule has 0 amide bonds. The van der Waals surface area contributed by atoms with E-state index >= 15 is 0 Å². The second kappa shape index (κ2) is 5.27. The summed E-state index contributed by atoms with van der Waals surface area (Å²) in [4.78, 5) is 4.11. The summed E-state index contributed by atoms with van der Waals surface area (Å²) in [6.45, 7) is 3.97. The van der Waals surface area contributed by atoms with Gasteiger partial charge in [-0.1, -0.05) is 41.4 Å². The summed E-state index contributed by atoms with van der Waals surface area (Å²) in [5, 5.41) is 11.2. The van der Waals surface area contributed by atoms with Crippen molar-refractivity contribution in [2.45, 2.75) is 20.0 Å². The largest absolute Gasteiger partial charge is 0.382 e. The summed E-state index contributed by atoms with van der Waals surface area (Å²) < 4.78 is 0. The average molecular weight is 282 g/mol. The van der Waals surface area contributed by atoms with E-state index in [0.29, 0.717) is 15.7 Å². The highest BCUT2D eigenvalue weighted by molar-refractivity contribution is 6.34. The molecule has 0 radical (unpaired) electrons. The lowest BCUT2D eigenvalue weighted by atomic mass is 9.97. The molecule has 2 rings (SSSR count). The number of pyridine rings is 1. The SMILES string of the molecule is Cc1cccc(C(O)c2ncc(Cl)cc2Cl)c1C. The molecule has 0 fully saturated rings. The minimum absolute atomic E-state index is 0.371. The molecule has 1 atom stereocenters. The smallest absolute Gasteiger partial charge is 0.123 e. The highest BCUT2D eigenvalue weighted by Crippen LogP contribution is 2.30. The van der Waals surface area contributed by atoms with Crippen molar-refractivity contribution in [1.82, 2.24) is 4.98 Å². The van der Waals surface area contributed by atoms with Crippen LogP contribution < -0.4 is 0 Å². The molecule has 0 saturated carbocycles. The van der Waals surface area contributed by atoms with Gasteiger partial charge in [0.05, 0.1) is 15.7 Å². The molecule has 94 valence electrons. The van der Waals surface area contributed by atoms with Gasteiger partial charge in [0.15, 0.2) is 0 Å². The van der Waals surface area contributed by atoms with Crippen molar-refractivity contribution in [3.05, 3.63) is 62.9 Å². The van der Waals surface area contributed by atoms with Crippen molar-refractivity contribution in [3.63, 3.8) is 0 Å². The quantitative estimate of drug-likeness (QED) is 0.900. The third-order valence-electron chi connectivity index (χ3n) is 3.04. The van der Waals surface area contributed by atoms with Crippen molar-refractivity contribution in [3.8, 4) is 0 Å². The van der Waals surface area contributed by atoms with Gasteiger partial charge in [0.2, 0.25) is 0 Å². The molecule has 0 aliphatic rings. The zero-order chi connectivity index (χ0) is 13.3. The first-order valence-corrected chi connectivity index (χ1v) is 6.31. The first kappa shape index (κ1) is 13.3. The van der Waals surface area contributed by atoms with Crippen LogP contribution in [0, 0.1) is 13.8 Å². The second-order valence-electron chi connectivity index (χ2n) is 4.21. The van der Waals surface area contributed by atoms with Gasteiger partial charge in [-0.3, -0.25) is 4.98 Å². The first-order chi connectivity index (χ1) is 8.50. The third kappa shape index (κ3) is 2.51. The molecule has 0 bridgehead atoms. The van der Waals surface area contributed by atoms with E-state index in [4.69, 9.17) is 23.2 Å². The topological polar surface area (TPSA) is 33.1 Å². The van der Waals surface area contributed by atoms with E-state index in [0.717, 1.165) is 16.7 Å². The number of hydrogen-bond acceptors (Lipinski definition) is 2. The van der Waals surface area contributed by atoms with Gasteiger partial charge < -0.3 is 5.11 Å². The molecule has 0 aliphatic carbocycles. The van der Waals surface area contributed by atoms with E-state index in [-0.39, 0.29) is 0 Å². The zero-order valence-electron chi connectivity index (χ0n) is 10.1. The fourth-order valence-electron chi connectivity index (χ4n) is 1.84. The van der Waals surface area contributed by atoms with Gasteiger partial charge in [0.25, 0.3) is 0 Å². The lowest BCUT2D eigenvalue weighted by molar-refractivity contribution is 0.214. The number of aromatic nitrogens is 1. The van der Waals surface area contributed by atoms with Crippen LogP contribution in [0.1, 0.15) is 28.5 Å². The van der Waals surface area contributed by atoms with Gasteiger partial charge in [0.1, 0.15) is 6.10 Å². The summed E-state index contributed by atoms with van der Waals surface area (Å²) in [6.07, 6.45) is 0.645. The molecule has 0 spiro atoms. The van der Waals surface area contributed by atoms with E-state index in [1.807, 2.05) is 32.0 Å². The molecule has 1 aromatic heterocycles. The number of halogens is 2. The first-order valence-electron chi connectivity index (χ1n) is 5.56. The van der Waals surface area contributed by atoms with Crippen molar-refractivity contribution < 1.29 is 5.11 Å². The molecule has 1 unspecified atom stereocenters. The second-order valence-corrected chi connectivity index (χ2v) is 5.06. The lowest BCUT2D eigenvalue weighted by Crippen LogP contribution is -2.06. The molecule has 1 aromatic carbocycles. The molecule has 1 N–H and O–H groups in total. The number of aliphatic hydroxyl groups is 1. The average Bonchev–Trinajstić information content (AvgIpc) is 2.32. The van der Waals surface area contributed by atoms with Crippen LogP contribution in [0.25, 0.3) is 0 Å². The Hall–Kier alpha value is -1.09. The monoisotopic (exact) mass is 281 g/mol. The van der Waals surface area contributed by atoms with E-state index in [9.17, 15) is 5.11 Å². The highest BCUT2D eigenvalue weighted by atomic mass is 35.5. The van der Waals surface area contributed by atoms with Gasteiger partial charge in [-0.05, 0) is 36.6 Å². The summed E-state index contributed by atoms with van der Waals surface area (Å²) in [7, 11) is 0. The van der Waals surface area contributed by atoms with Crippen molar-refractivity contribution in [2.75, 3.05) is 0 Å². The summed E-state index contributed by atoms with van der Waals surface area (Å²) in [6, 6.07) is 7.37. The molecule has 0 aliphatic heterocycles. The fraction of sp³-hybridized carbons (Fsp3) is 0.214. The van der Waals surface area contributed by atoms with Gasteiger partial charge in [0, 0.05) is 6.20 Å². The van der Waals surface area contributed by atoms with Gasteiger partial charge in [-0.25, -0.2) is 0 Å². The van der Waals surface area contributed by atoms with Crippen LogP contribution in [0.5, 0.6) is 0 Å². The molecule has 0 saturated heterocycles. The number of aliphatic hydroxyl groups excluding tert-OH is 1. The van der Waals surface area contributed by atoms with Gasteiger partial charge in [-0.2, -0.15) is 0 Å². The Labute approximate surface area is 116 Å². The Morgan fingerprint density at radius 3 is 2.61 bits per heavy atom. The highest BCUT2D eigenvalue weighted by Gasteiger charge is 2.18. The van der Waals surface area contributed by atoms with E-state index in [2.05, 4.69) is 4.98 Å². The van der Waals surface area contributed by atoms with Crippen LogP contribution >= 0.6 is 23.2 Å². The number of nitrogens with zero attached hydrogens (tertiary/aromatic N) is 1. The van der Waals surface area contributed by atoms with Crippen molar-refractivity contribution >= 4 is 23.2 Å². The maximum absolute atomic E-state index is 10.4. The minimum Gasteiger partial charge on any atom is -0.382 e. The molecule has 2 aromatic rings. The van der Waals surface area contributed by atoms with Crippen LogP contribution in [0.15, 0.2) is 30.5 Å². The normalized spacial score (nSPS) is 12.5. The van der Waals surface area contributed by atoms with Crippen LogP contribution in [0.2, 0.25) is 10.0 Å². The zero-order valence-corrected chi connectivity index (χ0v) is 11.6. The van der Waals surface area contributed by atoms with Gasteiger partial charge >= 0.3 is 0 Å². The molecule has 4 heteroatoms. The molecular formula is C14H13Cl2NO. The van der Waals surface area contributed by atoms with E-state index in [1.54, 1.807) is 6.07 Å². The Bertz CT molecular complexity index is 584. The summed E-state index contributed by atoms with van der Waals surface area (Å²) in [5.41, 5.74) is 3.40. The third-order valence-corrected chi connectivity index (χ3v) is 3.55. The number of rotatable bonds is 2. The maximum atomic E-state index is 10.4. The molecular weight excluding hydrogens is 269 g/mol. The van der Waals surface area contributed by atoms with E-state index < -0.39 is 6.10 Å². The number of hydrogen-bond donors (Lipinski definition) is 1. The maximum Gasteiger partial charge on any atom is 0.123 e. The number of aryl methyl sites for hydroxylation is 1. The van der Waals surface area contributed by atoms with Gasteiger partial charge in [-0.15, -0.1) is 0 Å². The summed E-state index contributed by atoms with van der Waals surface area (Å²) in [5.74, 6) is 0. The van der Waals surface area contributed by atoms with Crippen molar-refractivity contribution in [1.29, 1.82) is 0 Å². The fourth-order valence-corrected chi connectivity index (χ4v) is 2.33. The predicted molar refractivity (Wildman–Crippen MR) is 74.2 cm³/mol. The summed E-state index contributed by atoms with van der Waals surface area (Å²) >= 11 is 11.9. The lowest BCUT2D eigenvalue weighted by Gasteiger charge is -2.16. The Morgan fingerprint density at radius 2 is 1.94 bits per heavy atom. The standard InChI is InChI=1S/C14H13Cl2NO/c1-8-4-3-5-11(9(8)2)14(18)13-12(16)6-10(15)7-17-13/h3-7,14,18H,1-2H3. The van der Waals surface area contributed by atoms with Crippen LogP contribution in [-0.2, 0) is 0 Å². The van der Waals surface area contributed by atoms with Crippen molar-refractivity contribution in [2.24, 2.45) is 0 Å². The van der Waals surface area contributed by atoms with Crippen LogP contribution in [-0.4, -0.2) is 10.1 Å². The molecule has 18 heavy (non-hydrogen) atoms. The van der Waals surface area contributed by atoms with Crippen LogP contribution in [0.3, 0.4) is 0 Å². The Kier molecular flexibility index (Phi) is 3.91. The number of benzene rings is 1. The molecule has 2 nitrogen and oxygen atoms in total. The van der Waals surface area contributed by atoms with Crippen LogP contribution in [0.4, 0.5) is 0 Å². The molecule has 1 heterocycles. The predicted octanol–water partition coefficient (Wildman–Crippen LogP) is 4.09. The Balaban J connectivity index is 2.48. The Morgan fingerprint density at radius 1 is 1.22 bits per heavy atom. The minimum atomic E-state index is -0.838.